The summed E-state index contributed by atoms with van der Waals surface area (Å²) in [6.07, 6.45) is 5.31. The molecule has 1 saturated carbocycles. The van der Waals surface area contributed by atoms with E-state index in [1.807, 2.05) is 12.1 Å². The van der Waals surface area contributed by atoms with Crippen molar-refractivity contribution in [1.82, 2.24) is 15.6 Å². The monoisotopic (exact) mass is 339 g/mol. The number of urea groups is 1. The number of nitrogens with zero attached hydrogens (tertiary/aromatic N) is 1. The number of pyridine rings is 1. The van der Waals surface area contributed by atoms with Crippen molar-refractivity contribution in [3.8, 4) is 5.75 Å². The van der Waals surface area contributed by atoms with E-state index in [1.54, 1.807) is 24.5 Å². The van der Waals surface area contributed by atoms with E-state index in [2.05, 4.69) is 15.6 Å². The molecule has 2 aromatic rings. The minimum absolute atomic E-state index is 0.277. The molecular weight excluding hydrogens is 322 g/mol. The Bertz CT molecular complexity index is 872. The normalized spacial score (nSPS) is 25.7. The molecule has 2 N–H and O–H groups in total. The Kier molecular flexibility index (Phi) is 3.63. The van der Waals surface area contributed by atoms with Gasteiger partial charge in [-0.3, -0.25) is 19.9 Å². The van der Waals surface area contributed by atoms with Crippen LogP contribution in [0.2, 0.25) is 0 Å². The number of ether oxygens (including phenoxy) is 1. The third-order valence-electron chi connectivity index (χ3n) is 5.02. The van der Waals surface area contributed by atoms with Crippen LogP contribution in [0, 0.1) is 5.92 Å². The van der Waals surface area contributed by atoms with E-state index in [9.17, 15) is 14.4 Å². The summed E-state index contributed by atoms with van der Waals surface area (Å²) >= 11 is 0. The van der Waals surface area contributed by atoms with Crippen LogP contribution >= 0.6 is 0 Å². The first-order valence-corrected chi connectivity index (χ1v) is 8.25. The lowest BCUT2D eigenvalue weighted by Gasteiger charge is -2.33. The van der Waals surface area contributed by atoms with Crippen LogP contribution in [-0.4, -0.2) is 28.4 Å². The van der Waals surface area contributed by atoms with Gasteiger partial charge in [-0.1, -0.05) is 6.07 Å². The molecule has 25 heavy (non-hydrogen) atoms. The molecule has 2 fully saturated rings. The number of aromatic nitrogens is 1. The molecular formula is C18H17N3O4. The lowest BCUT2D eigenvalue weighted by molar-refractivity contribution is -0.141. The van der Waals surface area contributed by atoms with Gasteiger partial charge in [0.1, 0.15) is 11.3 Å². The lowest BCUT2D eigenvalue weighted by atomic mass is 9.76. The fourth-order valence-corrected chi connectivity index (χ4v) is 3.55. The Morgan fingerprint density at radius 3 is 2.68 bits per heavy atom. The SMILES string of the molecule is O=C1NC(=O)C2(CCC(C(=O)Oc3ccc4ccncc4c3)CC2)N1. The van der Waals surface area contributed by atoms with Gasteiger partial charge in [-0.15, -0.1) is 0 Å². The molecule has 2 aliphatic rings. The van der Waals surface area contributed by atoms with Crippen LogP contribution in [0.1, 0.15) is 25.7 Å². The summed E-state index contributed by atoms with van der Waals surface area (Å²) < 4.78 is 5.51. The molecule has 7 nitrogen and oxygen atoms in total. The molecule has 3 amide bonds. The van der Waals surface area contributed by atoms with Gasteiger partial charge < -0.3 is 10.1 Å². The number of benzene rings is 1. The van der Waals surface area contributed by atoms with Gasteiger partial charge in [0.15, 0.2) is 0 Å². The molecule has 0 bridgehead atoms. The van der Waals surface area contributed by atoms with E-state index >= 15 is 0 Å². The van der Waals surface area contributed by atoms with Gasteiger partial charge >= 0.3 is 12.0 Å². The van der Waals surface area contributed by atoms with E-state index < -0.39 is 11.6 Å². The van der Waals surface area contributed by atoms with Gasteiger partial charge in [-0.2, -0.15) is 0 Å². The van der Waals surface area contributed by atoms with Crippen molar-refractivity contribution in [3.05, 3.63) is 36.7 Å². The standard InChI is InChI=1S/C18H17N3O4/c22-15(25-14-2-1-11-5-8-19-10-13(11)9-14)12-3-6-18(7-4-12)16(23)20-17(24)21-18/h1-2,5,8-10,12H,3-4,6-7H2,(H2,20,21,23,24). The van der Waals surface area contributed by atoms with Crippen LogP contribution < -0.4 is 15.4 Å². The third-order valence-corrected chi connectivity index (χ3v) is 5.02. The number of hydrogen-bond acceptors (Lipinski definition) is 5. The van der Waals surface area contributed by atoms with E-state index in [1.165, 1.54) is 0 Å². The first-order chi connectivity index (χ1) is 12.1. The Hall–Kier alpha value is -2.96. The molecule has 1 aromatic heterocycles. The van der Waals surface area contributed by atoms with Crippen molar-refractivity contribution < 1.29 is 19.1 Å². The Balaban J connectivity index is 1.42. The highest BCUT2D eigenvalue weighted by Crippen LogP contribution is 2.35. The Morgan fingerprint density at radius 2 is 1.96 bits per heavy atom. The molecule has 0 unspecified atom stereocenters. The Morgan fingerprint density at radius 1 is 1.16 bits per heavy atom. The zero-order valence-corrected chi connectivity index (χ0v) is 13.5. The quantitative estimate of drug-likeness (QED) is 0.495. The van der Waals surface area contributed by atoms with E-state index in [0.29, 0.717) is 31.4 Å². The second-order valence-electron chi connectivity index (χ2n) is 6.57. The first-order valence-electron chi connectivity index (χ1n) is 8.25. The van der Waals surface area contributed by atoms with E-state index in [0.717, 1.165) is 10.8 Å². The highest BCUT2D eigenvalue weighted by Gasteiger charge is 2.49. The third kappa shape index (κ3) is 2.82. The number of carbonyl (C=O) groups excluding carboxylic acids is 3. The predicted molar refractivity (Wildman–Crippen MR) is 88.7 cm³/mol. The summed E-state index contributed by atoms with van der Waals surface area (Å²) in [5.41, 5.74) is -0.859. The summed E-state index contributed by atoms with van der Waals surface area (Å²) in [5.74, 6) is -0.396. The van der Waals surface area contributed by atoms with Crippen molar-refractivity contribution in [2.75, 3.05) is 0 Å². The second kappa shape index (κ2) is 5.84. The summed E-state index contributed by atoms with van der Waals surface area (Å²) in [5, 5.41) is 6.89. The van der Waals surface area contributed by atoms with Crippen LogP contribution in [0.5, 0.6) is 5.75 Å². The largest absolute Gasteiger partial charge is 0.426 e. The van der Waals surface area contributed by atoms with Gasteiger partial charge in [0.2, 0.25) is 0 Å². The molecule has 1 spiro atoms. The molecule has 2 heterocycles. The molecule has 1 aliphatic carbocycles. The number of fused-ring (bicyclic) bond motifs is 1. The minimum atomic E-state index is -0.859. The number of amides is 3. The first kappa shape index (κ1) is 15.6. The van der Waals surface area contributed by atoms with Crippen LogP contribution in [0.4, 0.5) is 4.79 Å². The van der Waals surface area contributed by atoms with Crippen molar-refractivity contribution in [3.63, 3.8) is 0 Å². The van der Waals surface area contributed by atoms with Crippen molar-refractivity contribution in [2.24, 2.45) is 5.92 Å². The van der Waals surface area contributed by atoms with Crippen molar-refractivity contribution in [1.29, 1.82) is 0 Å². The average molecular weight is 339 g/mol. The Labute approximate surface area is 143 Å². The highest BCUT2D eigenvalue weighted by molar-refractivity contribution is 6.07. The molecule has 1 aliphatic heterocycles. The van der Waals surface area contributed by atoms with Crippen LogP contribution in [0.15, 0.2) is 36.7 Å². The number of carbonyl (C=O) groups is 3. The molecule has 1 aromatic carbocycles. The van der Waals surface area contributed by atoms with Crippen molar-refractivity contribution in [2.45, 2.75) is 31.2 Å². The number of imide groups is 1. The average Bonchev–Trinajstić information content (AvgIpc) is 2.88. The van der Waals surface area contributed by atoms with E-state index in [-0.39, 0.29) is 17.8 Å². The molecule has 128 valence electrons. The number of esters is 1. The summed E-state index contributed by atoms with van der Waals surface area (Å²) in [6, 6.07) is 6.86. The fourth-order valence-electron chi connectivity index (χ4n) is 3.55. The molecule has 4 rings (SSSR count). The highest BCUT2D eigenvalue weighted by atomic mass is 16.5. The number of nitrogens with one attached hydrogen (secondary N) is 2. The maximum Gasteiger partial charge on any atom is 0.322 e. The zero-order valence-electron chi connectivity index (χ0n) is 13.5. The maximum atomic E-state index is 12.4. The minimum Gasteiger partial charge on any atom is -0.426 e. The smallest absolute Gasteiger partial charge is 0.322 e. The zero-order chi connectivity index (χ0) is 17.4. The number of hydrogen-bond donors (Lipinski definition) is 2. The van der Waals surface area contributed by atoms with Crippen LogP contribution in [0.3, 0.4) is 0 Å². The second-order valence-corrected chi connectivity index (χ2v) is 6.57. The van der Waals surface area contributed by atoms with Gasteiger partial charge in [-0.05, 0) is 49.3 Å². The van der Waals surface area contributed by atoms with Crippen LogP contribution in [0.25, 0.3) is 10.8 Å². The van der Waals surface area contributed by atoms with Gasteiger partial charge in [0.25, 0.3) is 5.91 Å². The summed E-state index contributed by atoms with van der Waals surface area (Å²) in [6.45, 7) is 0. The van der Waals surface area contributed by atoms with E-state index in [4.69, 9.17) is 4.74 Å². The van der Waals surface area contributed by atoms with Gasteiger partial charge in [0.05, 0.1) is 5.92 Å². The predicted octanol–water partition coefficient (Wildman–Crippen LogP) is 1.91. The van der Waals surface area contributed by atoms with Crippen LogP contribution in [-0.2, 0) is 9.59 Å². The lowest BCUT2D eigenvalue weighted by Crippen LogP contribution is -2.50. The topological polar surface area (TPSA) is 97.4 Å². The molecule has 7 heteroatoms. The van der Waals surface area contributed by atoms with Gasteiger partial charge in [-0.25, -0.2) is 4.79 Å². The summed E-state index contributed by atoms with van der Waals surface area (Å²) in [4.78, 5) is 39.8. The maximum absolute atomic E-state index is 12.4. The molecule has 0 atom stereocenters. The summed E-state index contributed by atoms with van der Waals surface area (Å²) in [7, 11) is 0. The van der Waals surface area contributed by atoms with Crippen molar-refractivity contribution >= 4 is 28.7 Å². The van der Waals surface area contributed by atoms with Gasteiger partial charge in [0, 0.05) is 17.8 Å². The molecule has 0 radical (unpaired) electrons. The molecule has 1 saturated heterocycles. The fraction of sp³-hybridized carbons (Fsp3) is 0.333. The number of rotatable bonds is 2.